The van der Waals surface area contributed by atoms with Crippen LogP contribution in [0.1, 0.15) is 51.8 Å². The molecule has 36 heavy (non-hydrogen) atoms. The van der Waals surface area contributed by atoms with Crippen molar-refractivity contribution in [1.29, 1.82) is 5.41 Å². The Bertz CT molecular complexity index is 1270. The number of likely N-dealkylation sites (tertiary alicyclic amines) is 1. The van der Waals surface area contributed by atoms with Crippen LogP contribution in [0, 0.1) is 40.0 Å². The Balaban J connectivity index is 1.65. The van der Waals surface area contributed by atoms with Gasteiger partial charge >= 0.3 is 0 Å². The number of nitrogen functional groups attached to an aromatic ring is 1. The Kier molecular flexibility index (Phi) is 8.20. The number of carbonyl (C=O) groups excluding carboxylic acids is 2. The first-order chi connectivity index (χ1) is 16.8. The molecular weight excluding hydrogens is 478 g/mol. The summed E-state index contributed by atoms with van der Waals surface area (Å²) in [7, 11) is -3.92. The third kappa shape index (κ3) is 5.60. The average Bonchev–Trinajstić information content (AvgIpc) is 3.34. The van der Waals surface area contributed by atoms with Crippen LogP contribution in [0.3, 0.4) is 0 Å². The van der Waals surface area contributed by atoms with Crippen molar-refractivity contribution < 1.29 is 18.0 Å². The van der Waals surface area contributed by atoms with E-state index in [4.69, 9.17) is 11.1 Å². The summed E-state index contributed by atoms with van der Waals surface area (Å²) in [5.74, 6) is -0.743. The van der Waals surface area contributed by atoms with Crippen LogP contribution in [-0.4, -0.2) is 50.1 Å². The highest BCUT2D eigenvalue weighted by Crippen LogP contribution is 2.29. The van der Waals surface area contributed by atoms with Gasteiger partial charge in [0.05, 0.1) is 11.4 Å². The number of amidine groups is 1. The van der Waals surface area contributed by atoms with Crippen LogP contribution in [0.5, 0.6) is 0 Å². The second-order valence-electron chi connectivity index (χ2n) is 9.35. The largest absolute Gasteiger partial charge is 0.384 e. The van der Waals surface area contributed by atoms with Crippen molar-refractivity contribution in [3.8, 4) is 0 Å². The summed E-state index contributed by atoms with van der Waals surface area (Å²) in [6.45, 7) is 9.57. The third-order valence-corrected chi connectivity index (χ3v) is 8.90. The number of nitrogens with zero attached hydrogens (tertiary/aromatic N) is 1. The Hall–Kier alpha value is -3.24. The number of hydrogen-bond acceptors (Lipinski definition) is 5. The molecule has 1 aliphatic rings. The second-order valence-corrected chi connectivity index (χ2v) is 11.1. The number of sulfonamides is 1. The molecule has 0 unspecified atom stereocenters. The van der Waals surface area contributed by atoms with Crippen molar-refractivity contribution in [3.63, 3.8) is 0 Å². The summed E-state index contributed by atoms with van der Waals surface area (Å²) in [5, 5.41) is 10.3. The van der Waals surface area contributed by atoms with E-state index in [-0.39, 0.29) is 23.2 Å². The minimum atomic E-state index is -3.92. The van der Waals surface area contributed by atoms with E-state index in [2.05, 4.69) is 10.0 Å². The lowest BCUT2D eigenvalue weighted by atomic mass is 9.95. The van der Waals surface area contributed by atoms with Gasteiger partial charge in [-0.1, -0.05) is 24.3 Å². The molecule has 1 aliphatic heterocycles. The summed E-state index contributed by atoms with van der Waals surface area (Å²) >= 11 is 0. The highest BCUT2D eigenvalue weighted by atomic mass is 32.2. The van der Waals surface area contributed by atoms with E-state index in [1.165, 1.54) is 4.90 Å². The molecule has 1 atom stereocenters. The molecule has 0 saturated carbocycles. The van der Waals surface area contributed by atoms with Crippen molar-refractivity contribution in [2.75, 3.05) is 13.1 Å². The molecule has 0 aliphatic carbocycles. The number of benzene rings is 2. The van der Waals surface area contributed by atoms with Gasteiger partial charge in [0.15, 0.2) is 0 Å². The predicted octanol–water partition coefficient (Wildman–Crippen LogP) is 2.10. The highest BCUT2D eigenvalue weighted by Gasteiger charge is 2.34. The molecule has 1 saturated heterocycles. The van der Waals surface area contributed by atoms with Crippen molar-refractivity contribution in [2.24, 2.45) is 5.73 Å². The minimum Gasteiger partial charge on any atom is -0.384 e. The molecule has 1 fully saturated rings. The van der Waals surface area contributed by atoms with Gasteiger partial charge in [-0.2, -0.15) is 0 Å². The van der Waals surface area contributed by atoms with Crippen LogP contribution in [-0.2, 0) is 26.2 Å². The number of nitrogens with two attached hydrogens (primary N) is 1. The van der Waals surface area contributed by atoms with Crippen LogP contribution >= 0.6 is 0 Å². The Morgan fingerprint density at radius 1 is 1.00 bits per heavy atom. The zero-order valence-electron chi connectivity index (χ0n) is 21.5. The standard InChI is InChI=1S/C26H35N5O4S/c1-15-16(2)18(4)24(19(5)17(15)3)36(34,35)30-14-23(32)31-12-6-7-22(31)26(33)29-13-20-8-10-21(11-9-20)25(27)28/h8-11,22,30H,6-7,12-14H2,1-5H3,(H3,27,28)(H,29,33)/t22-/m0/s1. The van der Waals surface area contributed by atoms with Gasteiger partial charge in [0.25, 0.3) is 0 Å². The topological polar surface area (TPSA) is 145 Å². The SMILES string of the molecule is Cc1c(C)c(C)c(S(=O)(=O)NCC(=O)N2CCC[C@H]2C(=O)NCc2ccc(C(=N)N)cc2)c(C)c1C. The number of carbonyl (C=O) groups is 2. The molecule has 5 N–H and O–H groups in total. The van der Waals surface area contributed by atoms with E-state index in [1.54, 1.807) is 38.1 Å². The van der Waals surface area contributed by atoms with Crippen molar-refractivity contribution in [1.82, 2.24) is 14.9 Å². The number of rotatable bonds is 8. The monoisotopic (exact) mass is 513 g/mol. The van der Waals surface area contributed by atoms with Crippen molar-refractivity contribution >= 4 is 27.7 Å². The van der Waals surface area contributed by atoms with E-state index in [9.17, 15) is 18.0 Å². The lowest BCUT2D eigenvalue weighted by Gasteiger charge is -2.24. The fourth-order valence-corrected chi connectivity index (χ4v) is 6.22. The maximum atomic E-state index is 13.2. The third-order valence-electron chi connectivity index (χ3n) is 7.22. The molecule has 1 heterocycles. The lowest BCUT2D eigenvalue weighted by molar-refractivity contribution is -0.137. The quantitative estimate of drug-likeness (QED) is 0.315. The fraction of sp³-hybridized carbons (Fsp3) is 0.423. The van der Waals surface area contributed by atoms with Gasteiger partial charge in [0, 0.05) is 18.7 Å². The molecule has 3 rings (SSSR count). The van der Waals surface area contributed by atoms with Crippen molar-refractivity contribution in [3.05, 3.63) is 63.2 Å². The van der Waals surface area contributed by atoms with Crippen LogP contribution < -0.4 is 15.8 Å². The second kappa shape index (κ2) is 10.8. The Morgan fingerprint density at radius 3 is 2.11 bits per heavy atom. The molecule has 0 bridgehead atoms. The molecule has 10 heteroatoms. The van der Waals surface area contributed by atoms with Gasteiger partial charge in [0.1, 0.15) is 11.9 Å². The first kappa shape index (κ1) is 27.3. The maximum absolute atomic E-state index is 13.2. The molecular formula is C26H35N5O4S. The Labute approximate surface area is 213 Å². The summed E-state index contributed by atoms with van der Waals surface area (Å²) in [6.07, 6.45) is 1.18. The van der Waals surface area contributed by atoms with E-state index >= 15 is 0 Å². The van der Waals surface area contributed by atoms with Gasteiger partial charge in [-0.05, 0) is 80.8 Å². The average molecular weight is 514 g/mol. The molecule has 2 aromatic carbocycles. The number of hydrogen-bond donors (Lipinski definition) is 4. The maximum Gasteiger partial charge on any atom is 0.243 e. The van der Waals surface area contributed by atoms with E-state index in [1.807, 2.05) is 20.8 Å². The van der Waals surface area contributed by atoms with Crippen LogP contribution in [0.25, 0.3) is 0 Å². The summed E-state index contributed by atoms with van der Waals surface area (Å²) < 4.78 is 28.8. The highest BCUT2D eigenvalue weighted by molar-refractivity contribution is 7.89. The minimum absolute atomic E-state index is 0.0284. The summed E-state index contributed by atoms with van der Waals surface area (Å²) in [6, 6.07) is 6.33. The molecule has 9 nitrogen and oxygen atoms in total. The molecule has 0 spiro atoms. The molecule has 2 aromatic rings. The first-order valence-corrected chi connectivity index (χ1v) is 13.4. The zero-order chi connectivity index (χ0) is 26.8. The number of nitrogens with one attached hydrogen (secondary N) is 3. The Morgan fingerprint density at radius 2 is 1.56 bits per heavy atom. The summed E-state index contributed by atoms with van der Waals surface area (Å²) in [4.78, 5) is 27.4. The van der Waals surface area contributed by atoms with Gasteiger partial charge in [-0.25, -0.2) is 13.1 Å². The van der Waals surface area contributed by atoms with Crippen LogP contribution in [0.2, 0.25) is 0 Å². The van der Waals surface area contributed by atoms with Crippen LogP contribution in [0.4, 0.5) is 0 Å². The van der Waals surface area contributed by atoms with Crippen molar-refractivity contribution in [2.45, 2.75) is 64.9 Å². The van der Waals surface area contributed by atoms with Gasteiger partial charge < -0.3 is 16.0 Å². The van der Waals surface area contributed by atoms with Crippen LogP contribution in [0.15, 0.2) is 29.2 Å². The van der Waals surface area contributed by atoms with Gasteiger partial charge in [-0.3, -0.25) is 15.0 Å². The fourth-order valence-electron chi connectivity index (χ4n) is 4.65. The lowest BCUT2D eigenvalue weighted by Crippen LogP contribution is -2.48. The van der Waals surface area contributed by atoms with Gasteiger partial charge in [-0.15, -0.1) is 0 Å². The molecule has 194 valence electrons. The van der Waals surface area contributed by atoms with Gasteiger partial charge in [0.2, 0.25) is 21.8 Å². The molecule has 2 amide bonds. The smallest absolute Gasteiger partial charge is 0.243 e. The van der Waals surface area contributed by atoms with E-state index in [0.717, 1.165) is 22.3 Å². The predicted molar refractivity (Wildman–Crippen MR) is 139 cm³/mol. The zero-order valence-corrected chi connectivity index (χ0v) is 22.3. The normalized spacial score (nSPS) is 15.7. The van der Waals surface area contributed by atoms with E-state index in [0.29, 0.717) is 36.1 Å². The first-order valence-electron chi connectivity index (χ1n) is 11.9. The summed E-state index contributed by atoms with van der Waals surface area (Å²) in [5.41, 5.74) is 11.1. The van der Waals surface area contributed by atoms with E-state index < -0.39 is 28.5 Å². The molecule has 0 aromatic heterocycles. The molecule has 0 radical (unpaired) electrons. The number of amides is 2.